The van der Waals surface area contributed by atoms with E-state index in [9.17, 15) is 0 Å². The number of aromatic nitrogens is 2. The van der Waals surface area contributed by atoms with Gasteiger partial charge in [0.15, 0.2) is 0 Å². The molecule has 0 aromatic carbocycles. The Morgan fingerprint density at radius 1 is 1.15 bits per heavy atom. The van der Waals surface area contributed by atoms with Crippen molar-refractivity contribution in [3.63, 3.8) is 0 Å². The Morgan fingerprint density at radius 3 is 2.85 bits per heavy atom. The maximum atomic E-state index is 4.50. The lowest BCUT2D eigenvalue weighted by atomic mass is 10.2. The normalized spacial score (nSPS) is 16.0. The summed E-state index contributed by atoms with van der Waals surface area (Å²) in [5, 5.41) is 9.14. The van der Waals surface area contributed by atoms with Crippen molar-refractivity contribution in [1.82, 2.24) is 9.97 Å². The fourth-order valence-corrected chi connectivity index (χ4v) is 4.59. The maximum Gasteiger partial charge on any atom is 0.139 e. The molecule has 0 unspecified atom stereocenters. The average Bonchev–Trinajstić information content (AvgIpc) is 3.20. The summed E-state index contributed by atoms with van der Waals surface area (Å²) in [7, 11) is 0. The Labute approximate surface area is 125 Å². The molecule has 0 bridgehead atoms. The summed E-state index contributed by atoms with van der Waals surface area (Å²) >= 11 is 3.47. The predicted molar refractivity (Wildman–Crippen MR) is 86.6 cm³/mol. The van der Waals surface area contributed by atoms with Crippen LogP contribution in [0.25, 0.3) is 20.7 Å². The van der Waals surface area contributed by atoms with E-state index in [4.69, 9.17) is 0 Å². The number of rotatable bonds is 3. The van der Waals surface area contributed by atoms with Crippen molar-refractivity contribution in [1.29, 1.82) is 0 Å². The molecule has 0 radical (unpaired) electrons. The van der Waals surface area contributed by atoms with Gasteiger partial charge in [0.25, 0.3) is 0 Å². The molecule has 3 nitrogen and oxygen atoms in total. The molecule has 1 saturated carbocycles. The summed E-state index contributed by atoms with van der Waals surface area (Å²) in [5.41, 5.74) is 1.26. The molecule has 1 aliphatic carbocycles. The summed E-state index contributed by atoms with van der Waals surface area (Å²) in [6, 6.07) is 4.83. The monoisotopic (exact) mass is 301 g/mol. The van der Waals surface area contributed by atoms with Gasteiger partial charge in [0, 0.05) is 21.9 Å². The molecule has 0 amide bonds. The first kappa shape index (κ1) is 12.3. The smallest absolute Gasteiger partial charge is 0.139 e. The van der Waals surface area contributed by atoms with Gasteiger partial charge in [0.1, 0.15) is 17.0 Å². The van der Waals surface area contributed by atoms with E-state index in [1.54, 1.807) is 29.0 Å². The van der Waals surface area contributed by atoms with Gasteiger partial charge < -0.3 is 5.32 Å². The van der Waals surface area contributed by atoms with Gasteiger partial charge >= 0.3 is 0 Å². The molecule has 5 heteroatoms. The average molecular weight is 301 g/mol. The lowest BCUT2D eigenvalue weighted by Crippen LogP contribution is -2.15. The topological polar surface area (TPSA) is 37.8 Å². The number of hydrogen-bond donors (Lipinski definition) is 1. The third-order valence-corrected chi connectivity index (χ3v) is 5.64. The number of fused-ring (bicyclic) bond motifs is 1. The molecule has 0 saturated heterocycles. The van der Waals surface area contributed by atoms with Crippen LogP contribution < -0.4 is 5.32 Å². The second-order valence-electron chi connectivity index (χ2n) is 5.15. The van der Waals surface area contributed by atoms with Crippen LogP contribution in [0.1, 0.15) is 25.7 Å². The van der Waals surface area contributed by atoms with Crippen molar-refractivity contribution in [3.05, 3.63) is 29.2 Å². The standard InChI is InChI=1S/C15H15N3S2/c1-2-5-10(4-1)18-14-13-11(12-6-3-7-19-12)8-20-15(13)17-9-16-14/h3,6-10H,1-2,4-5H2,(H,16,17,18). The van der Waals surface area contributed by atoms with Crippen molar-refractivity contribution < 1.29 is 0 Å². The summed E-state index contributed by atoms with van der Waals surface area (Å²) < 4.78 is 0. The first-order valence-electron chi connectivity index (χ1n) is 6.94. The molecule has 1 aliphatic rings. The summed E-state index contributed by atoms with van der Waals surface area (Å²) in [5.74, 6) is 1.01. The zero-order valence-corrected chi connectivity index (χ0v) is 12.6. The van der Waals surface area contributed by atoms with Crippen molar-refractivity contribution in [2.45, 2.75) is 31.7 Å². The van der Waals surface area contributed by atoms with Crippen LogP contribution in [-0.2, 0) is 0 Å². The molecule has 1 N–H and O–H groups in total. The maximum absolute atomic E-state index is 4.50. The first-order chi connectivity index (χ1) is 9.92. The molecule has 3 heterocycles. The van der Waals surface area contributed by atoms with Crippen LogP contribution in [0.5, 0.6) is 0 Å². The number of nitrogens with one attached hydrogen (secondary N) is 1. The van der Waals surface area contributed by atoms with Gasteiger partial charge in [0.2, 0.25) is 0 Å². The second kappa shape index (κ2) is 5.14. The van der Waals surface area contributed by atoms with Gasteiger partial charge in [0.05, 0.1) is 5.39 Å². The van der Waals surface area contributed by atoms with Gasteiger partial charge in [-0.1, -0.05) is 18.9 Å². The fraction of sp³-hybridized carbons (Fsp3) is 0.333. The molecule has 0 spiro atoms. The Hall–Kier alpha value is -1.46. The lowest BCUT2D eigenvalue weighted by molar-refractivity contribution is 0.751. The van der Waals surface area contributed by atoms with E-state index in [0.29, 0.717) is 6.04 Å². The van der Waals surface area contributed by atoms with E-state index >= 15 is 0 Å². The first-order valence-corrected chi connectivity index (χ1v) is 8.70. The molecular weight excluding hydrogens is 286 g/mol. The highest BCUT2D eigenvalue weighted by molar-refractivity contribution is 7.18. The zero-order chi connectivity index (χ0) is 13.4. The Morgan fingerprint density at radius 2 is 2.05 bits per heavy atom. The van der Waals surface area contributed by atoms with Gasteiger partial charge in [-0.2, -0.15) is 0 Å². The lowest BCUT2D eigenvalue weighted by Gasteiger charge is -2.13. The van der Waals surface area contributed by atoms with Gasteiger partial charge in [-0.25, -0.2) is 9.97 Å². The summed E-state index contributed by atoms with van der Waals surface area (Å²) in [6.07, 6.45) is 6.84. The molecule has 102 valence electrons. The predicted octanol–water partition coefficient (Wildman–Crippen LogP) is 4.77. The van der Waals surface area contributed by atoms with Crippen LogP contribution in [0.15, 0.2) is 29.2 Å². The van der Waals surface area contributed by atoms with Gasteiger partial charge in [-0.05, 0) is 24.3 Å². The number of nitrogens with zero attached hydrogens (tertiary/aromatic N) is 2. The third-order valence-electron chi connectivity index (χ3n) is 3.85. The zero-order valence-electron chi connectivity index (χ0n) is 11.0. The van der Waals surface area contributed by atoms with Gasteiger partial charge in [-0.3, -0.25) is 0 Å². The third kappa shape index (κ3) is 2.11. The van der Waals surface area contributed by atoms with Crippen molar-refractivity contribution in [2.24, 2.45) is 0 Å². The van der Waals surface area contributed by atoms with E-state index in [-0.39, 0.29) is 0 Å². The molecule has 0 aliphatic heterocycles. The van der Waals surface area contributed by atoms with E-state index in [2.05, 4.69) is 38.2 Å². The SMILES string of the molecule is c1csc(-c2csc3ncnc(NC4CCCC4)c23)c1. The Balaban J connectivity index is 1.81. The minimum absolute atomic E-state index is 0.573. The highest BCUT2D eigenvalue weighted by Gasteiger charge is 2.19. The minimum atomic E-state index is 0.573. The minimum Gasteiger partial charge on any atom is -0.367 e. The van der Waals surface area contributed by atoms with E-state index < -0.39 is 0 Å². The summed E-state index contributed by atoms with van der Waals surface area (Å²) in [6.45, 7) is 0. The molecule has 20 heavy (non-hydrogen) atoms. The highest BCUT2D eigenvalue weighted by Crippen LogP contribution is 2.39. The number of thiophene rings is 2. The van der Waals surface area contributed by atoms with Crippen LogP contribution >= 0.6 is 22.7 Å². The van der Waals surface area contributed by atoms with Gasteiger partial charge in [-0.15, -0.1) is 22.7 Å². The van der Waals surface area contributed by atoms with Crippen LogP contribution in [0.3, 0.4) is 0 Å². The number of hydrogen-bond acceptors (Lipinski definition) is 5. The van der Waals surface area contributed by atoms with Crippen LogP contribution in [0, 0.1) is 0 Å². The molecule has 4 rings (SSSR count). The quantitative estimate of drug-likeness (QED) is 0.757. The van der Waals surface area contributed by atoms with Crippen LogP contribution in [0.2, 0.25) is 0 Å². The van der Waals surface area contributed by atoms with E-state index in [0.717, 1.165) is 10.6 Å². The largest absolute Gasteiger partial charge is 0.367 e. The van der Waals surface area contributed by atoms with Crippen molar-refractivity contribution >= 4 is 38.7 Å². The molecule has 0 atom stereocenters. The van der Waals surface area contributed by atoms with Crippen molar-refractivity contribution in [2.75, 3.05) is 5.32 Å². The molecule has 1 fully saturated rings. The number of anilines is 1. The summed E-state index contributed by atoms with van der Waals surface area (Å²) in [4.78, 5) is 11.3. The highest BCUT2D eigenvalue weighted by atomic mass is 32.1. The van der Waals surface area contributed by atoms with Crippen molar-refractivity contribution in [3.8, 4) is 10.4 Å². The van der Waals surface area contributed by atoms with E-state index in [1.807, 2.05) is 0 Å². The molecular formula is C15H15N3S2. The molecule has 3 aromatic rings. The second-order valence-corrected chi connectivity index (χ2v) is 6.96. The molecule has 3 aromatic heterocycles. The Bertz CT molecular complexity index is 712. The van der Waals surface area contributed by atoms with Crippen LogP contribution in [0.4, 0.5) is 5.82 Å². The van der Waals surface area contributed by atoms with E-state index in [1.165, 1.54) is 41.5 Å². The Kier molecular flexibility index (Phi) is 3.16. The fourth-order valence-electron chi connectivity index (χ4n) is 2.86. The van der Waals surface area contributed by atoms with Crippen LogP contribution in [-0.4, -0.2) is 16.0 Å².